The van der Waals surface area contributed by atoms with E-state index in [9.17, 15) is 13.6 Å². The number of aromatic nitrogens is 2. The van der Waals surface area contributed by atoms with Gasteiger partial charge in [0.1, 0.15) is 5.82 Å². The number of rotatable bonds is 3. The standard InChI is InChI=1S/C15H12F2N4OS2/c16-9-1-2-10-11(7-9)24-14(19-10)21-5-3-15(17,8-21)12(22)20-13-18-4-6-23-13/h1-2,4,6-7H,3,5,8H2,(H,18,20,22). The van der Waals surface area contributed by atoms with Crippen LogP contribution in [0.15, 0.2) is 29.8 Å². The summed E-state index contributed by atoms with van der Waals surface area (Å²) in [5, 5.41) is 5.20. The Morgan fingerprint density at radius 1 is 1.42 bits per heavy atom. The first kappa shape index (κ1) is 15.4. The lowest BCUT2D eigenvalue weighted by Crippen LogP contribution is -2.41. The third kappa shape index (κ3) is 2.73. The smallest absolute Gasteiger partial charge is 0.265 e. The number of amides is 1. The van der Waals surface area contributed by atoms with Gasteiger partial charge in [0.15, 0.2) is 10.3 Å². The Balaban J connectivity index is 1.53. The highest BCUT2D eigenvalue weighted by molar-refractivity contribution is 7.22. The number of anilines is 2. The molecule has 0 spiro atoms. The number of nitrogens with one attached hydrogen (secondary N) is 1. The van der Waals surface area contributed by atoms with Crippen LogP contribution in [0.5, 0.6) is 0 Å². The molecule has 124 valence electrons. The van der Waals surface area contributed by atoms with Crippen molar-refractivity contribution in [3.63, 3.8) is 0 Å². The molecular formula is C15H12F2N4OS2. The summed E-state index contributed by atoms with van der Waals surface area (Å²) < 4.78 is 29.0. The molecule has 5 nitrogen and oxygen atoms in total. The molecule has 3 aromatic rings. The minimum Gasteiger partial charge on any atom is -0.344 e. The molecule has 1 N–H and O–H groups in total. The van der Waals surface area contributed by atoms with Crippen LogP contribution in [0.1, 0.15) is 6.42 Å². The van der Waals surface area contributed by atoms with E-state index in [1.807, 2.05) is 0 Å². The number of thiazole rings is 2. The van der Waals surface area contributed by atoms with E-state index < -0.39 is 11.6 Å². The van der Waals surface area contributed by atoms with Crippen molar-refractivity contribution in [1.82, 2.24) is 9.97 Å². The third-order valence-corrected chi connectivity index (χ3v) is 5.66. The number of alkyl halides is 1. The minimum absolute atomic E-state index is 0.0769. The number of carbonyl (C=O) groups excluding carboxylic acids is 1. The number of benzene rings is 1. The number of hydrogen-bond acceptors (Lipinski definition) is 6. The molecule has 0 saturated carbocycles. The van der Waals surface area contributed by atoms with Gasteiger partial charge in [-0.1, -0.05) is 11.3 Å². The van der Waals surface area contributed by atoms with Gasteiger partial charge in [-0.3, -0.25) is 10.1 Å². The van der Waals surface area contributed by atoms with Crippen molar-refractivity contribution >= 4 is 49.1 Å². The monoisotopic (exact) mass is 366 g/mol. The fourth-order valence-electron chi connectivity index (χ4n) is 2.64. The van der Waals surface area contributed by atoms with Gasteiger partial charge in [0.05, 0.1) is 16.8 Å². The number of carbonyl (C=O) groups is 1. The lowest BCUT2D eigenvalue weighted by molar-refractivity contribution is -0.126. The molecule has 24 heavy (non-hydrogen) atoms. The Morgan fingerprint density at radius 2 is 2.29 bits per heavy atom. The van der Waals surface area contributed by atoms with Crippen molar-refractivity contribution in [1.29, 1.82) is 0 Å². The second kappa shape index (κ2) is 5.75. The molecule has 1 amide bonds. The SMILES string of the molecule is O=C(Nc1nccs1)C1(F)CCN(c2nc3ccc(F)cc3s2)C1. The Morgan fingerprint density at radius 3 is 3.08 bits per heavy atom. The van der Waals surface area contributed by atoms with Gasteiger partial charge in [0.25, 0.3) is 5.91 Å². The average Bonchev–Trinajstić information content (AvgIpc) is 3.26. The summed E-state index contributed by atoms with van der Waals surface area (Å²) in [4.78, 5) is 22.3. The predicted octanol–water partition coefficient (Wildman–Crippen LogP) is 3.45. The zero-order valence-corrected chi connectivity index (χ0v) is 14.0. The van der Waals surface area contributed by atoms with Crippen LogP contribution in [0.2, 0.25) is 0 Å². The van der Waals surface area contributed by atoms with Gasteiger partial charge in [-0.05, 0) is 18.2 Å². The van der Waals surface area contributed by atoms with Crippen molar-refractivity contribution in [2.24, 2.45) is 0 Å². The third-order valence-electron chi connectivity index (χ3n) is 3.89. The van der Waals surface area contributed by atoms with E-state index in [0.717, 1.165) is 0 Å². The topological polar surface area (TPSA) is 58.1 Å². The lowest BCUT2D eigenvalue weighted by Gasteiger charge is -2.19. The molecular weight excluding hydrogens is 354 g/mol. The summed E-state index contributed by atoms with van der Waals surface area (Å²) in [6, 6.07) is 4.35. The molecule has 1 aliphatic heterocycles. The first-order valence-corrected chi connectivity index (χ1v) is 8.94. The molecule has 4 rings (SSSR count). The van der Waals surface area contributed by atoms with E-state index in [1.165, 1.54) is 34.8 Å². The van der Waals surface area contributed by atoms with Gasteiger partial charge >= 0.3 is 0 Å². The van der Waals surface area contributed by atoms with Gasteiger partial charge in [0, 0.05) is 24.5 Å². The first-order valence-electron chi connectivity index (χ1n) is 7.24. The van der Waals surface area contributed by atoms with Gasteiger partial charge in [0.2, 0.25) is 5.67 Å². The van der Waals surface area contributed by atoms with Gasteiger partial charge < -0.3 is 4.90 Å². The summed E-state index contributed by atoms with van der Waals surface area (Å²) in [5.41, 5.74) is -1.32. The Bertz CT molecular complexity index is 898. The molecule has 9 heteroatoms. The Kier molecular flexibility index (Phi) is 3.69. The summed E-state index contributed by atoms with van der Waals surface area (Å²) in [5.74, 6) is -1.02. The van der Waals surface area contributed by atoms with E-state index in [-0.39, 0.29) is 18.8 Å². The van der Waals surface area contributed by atoms with E-state index in [1.54, 1.807) is 22.5 Å². The normalized spacial score (nSPS) is 20.7. The molecule has 3 heterocycles. The van der Waals surface area contributed by atoms with Crippen LogP contribution >= 0.6 is 22.7 Å². The highest BCUT2D eigenvalue weighted by Crippen LogP contribution is 2.35. The number of hydrogen-bond donors (Lipinski definition) is 1. The molecule has 2 aromatic heterocycles. The second-order valence-electron chi connectivity index (χ2n) is 5.54. The molecule has 0 radical (unpaired) electrons. The fraction of sp³-hybridized carbons (Fsp3) is 0.267. The summed E-state index contributed by atoms with van der Waals surface area (Å²) in [6.07, 6.45) is 1.63. The molecule has 1 unspecified atom stereocenters. The first-order chi connectivity index (χ1) is 11.5. The average molecular weight is 366 g/mol. The van der Waals surface area contributed by atoms with Crippen LogP contribution in [0.25, 0.3) is 10.2 Å². The molecule has 0 bridgehead atoms. The van der Waals surface area contributed by atoms with E-state index in [4.69, 9.17) is 0 Å². The largest absolute Gasteiger partial charge is 0.344 e. The molecule has 0 aliphatic carbocycles. The molecule has 1 aliphatic rings. The summed E-state index contributed by atoms with van der Waals surface area (Å²) in [7, 11) is 0. The van der Waals surface area contributed by atoms with Crippen LogP contribution in [-0.2, 0) is 4.79 Å². The maximum absolute atomic E-state index is 15.0. The van der Waals surface area contributed by atoms with Crippen LogP contribution in [-0.4, -0.2) is 34.6 Å². The highest BCUT2D eigenvalue weighted by atomic mass is 32.1. The number of halogens is 2. The number of fused-ring (bicyclic) bond motifs is 1. The second-order valence-corrected chi connectivity index (χ2v) is 7.44. The maximum atomic E-state index is 15.0. The van der Waals surface area contributed by atoms with Crippen LogP contribution < -0.4 is 10.2 Å². The maximum Gasteiger partial charge on any atom is 0.265 e. The molecule has 1 atom stereocenters. The summed E-state index contributed by atoms with van der Waals surface area (Å²) in [6.45, 7) is 0.302. The highest BCUT2D eigenvalue weighted by Gasteiger charge is 2.46. The van der Waals surface area contributed by atoms with Crippen LogP contribution in [0.4, 0.5) is 19.0 Å². The van der Waals surface area contributed by atoms with Crippen LogP contribution in [0.3, 0.4) is 0 Å². The molecule has 1 aromatic carbocycles. The van der Waals surface area contributed by atoms with E-state index in [0.29, 0.717) is 27.0 Å². The zero-order chi connectivity index (χ0) is 16.7. The fourth-order valence-corrected chi connectivity index (χ4v) is 4.18. The minimum atomic E-state index is -1.99. The molecule has 1 saturated heterocycles. The van der Waals surface area contributed by atoms with Gasteiger partial charge in [-0.25, -0.2) is 18.7 Å². The lowest BCUT2D eigenvalue weighted by atomic mass is 10.1. The van der Waals surface area contributed by atoms with E-state index >= 15 is 0 Å². The quantitative estimate of drug-likeness (QED) is 0.771. The van der Waals surface area contributed by atoms with Crippen molar-refractivity contribution < 1.29 is 13.6 Å². The van der Waals surface area contributed by atoms with Crippen molar-refractivity contribution in [3.8, 4) is 0 Å². The van der Waals surface area contributed by atoms with Crippen molar-refractivity contribution in [2.45, 2.75) is 12.1 Å². The zero-order valence-electron chi connectivity index (χ0n) is 12.3. The Hall–Kier alpha value is -2.13. The molecule has 1 fully saturated rings. The van der Waals surface area contributed by atoms with Crippen molar-refractivity contribution in [2.75, 3.05) is 23.3 Å². The van der Waals surface area contributed by atoms with Crippen LogP contribution in [0, 0.1) is 5.82 Å². The Labute approximate surface area is 144 Å². The van der Waals surface area contributed by atoms with Crippen molar-refractivity contribution in [3.05, 3.63) is 35.6 Å². The summed E-state index contributed by atoms with van der Waals surface area (Å²) >= 11 is 2.53. The van der Waals surface area contributed by atoms with Gasteiger partial charge in [-0.15, -0.1) is 11.3 Å². The van der Waals surface area contributed by atoms with Gasteiger partial charge in [-0.2, -0.15) is 0 Å². The van der Waals surface area contributed by atoms with E-state index in [2.05, 4.69) is 15.3 Å². The number of nitrogens with zero attached hydrogens (tertiary/aromatic N) is 3. The predicted molar refractivity (Wildman–Crippen MR) is 91.0 cm³/mol.